The molecule has 0 bridgehead atoms. The lowest BCUT2D eigenvalue weighted by Gasteiger charge is -2.21. The second kappa shape index (κ2) is 11.7. The van der Waals surface area contributed by atoms with E-state index >= 15 is 0 Å². The first-order valence-electron chi connectivity index (χ1n) is 23.6. The van der Waals surface area contributed by atoms with Crippen LogP contribution in [0.2, 0.25) is 0 Å². The summed E-state index contributed by atoms with van der Waals surface area (Å²) in [6.07, 6.45) is 0. The van der Waals surface area contributed by atoms with Crippen LogP contribution in [0.3, 0.4) is 0 Å². The minimum Gasteiger partial charge on any atom is -0.309 e. The molecule has 52 heavy (non-hydrogen) atoms. The van der Waals surface area contributed by atoms with Crippen LogP contribution in [0.25, 0.3) is 83.9 Å². The summed E-state index contributed by atoms with van der Waals surface area (Å²) in [5.41, 5.74) is 5.45. The molecule has 0 spiro atoms. The Morgan fingerprint density at radius 1 is 0.462 bits per heavy atom. The zero-order chi connectivity index (χ0) is 47.0. The highest BCUT2D eigenvalue weighted by Crippen LogP contribution is 2.51. The summed E-state index contributed by atoms with van der Waals surface area (Å²) >= 11 is 0. The van der Waals surface area contributed by atoms with Crippen LogP contribution >= 0.6 is 0 Å². The van der Waals surface area contributed by atoms with Crippen molar-refractivity contribution in [1.82, 2.24) is 19.5 Å². The van der Waals surface area contributed by atoms with Gasteiger partial charge in [0.25, 0.3) is 0 Å². The van der Waals surface area contributed by atoms with Crippen molar-refractivity contribution in [2.75, 3.05) is 0 Å². The van der Waals surface area contributed by atoms with Crippen molar-refractivity contribution in [2.24, 2.45) is 0 Å². The van der Waals surface area contributed by atoms with Gasteiger partial charge < -0.3 is 4.57 Å². The lowest BCUT2D eigenvalue weighted by atomic mass is 9.82. The summed E-state index contributed by atoms with van der Waals surface area (Å²) in [5, 5.41) is 2.05. The van der Waals surface area contributed by atoms with Gasteiger partial charge in [0.2, 0.25) is 0 Å². The van der Waals surface area contributed by atoms with E-state index in [1.54, 1.807) is 12.1 Å². The molecule has 246 valence electrons. The fourth-order valence-electron chi connectivity index (χ4n) is 7.24. The lowest BCUT2D eigenvalue weighted by molar-refractivity contribution is 0.661. The summed E-state index contributed by atoms with van der Waals surface area (Å²) in [7, 11) is 0. The molecule has 0 unspecified atom stereocenters. The molecule has 0 fully saturated rings. The standard InChI is InChI=1S/C48H34N4/c1-48(2)41-22-11-9-20-37(41)39-29-40-38-21-10-12-23-43(38)52(44(40)30-42(39)48)36-19-13-18-35(28-36)47-50-45(33-16-7-4-8-17-33)49-46(51-47)34-26-24-32(25-27-34)31-14-5-3-6-15-31/h3-30H,1-2H3/i3D,4D,5D,6D,7D,8D,14D,15D,16D,17D,24D,25D,26D,27D. The van der Waals surface area contributed by atoms with Crippen molar-refractivity contribution < 1.29 is 19.2 Å². The van der Waals surface area contributed by atoms with Gasteiger partial charge in [-0.3, -0.25) is 0 Å². The van der Waals surface area contributed by atoms with Gasteiger partial charge in [-0.1, -0.05) is 153 Å². The monoisotopic (exact) mass is 680 g/mol. The first-order chi connectivity index (χ1) is 31.3. The first kappa shape index (κ1) is 19.1. The van der Waals surface area contributed by atoms with Gasteiger partial charge in [0, 0.05) is 38.6 Å². The van der Waals surface area contributed by atoms with Crippen LogP contribution in [0.5, 0.6) is 0 Å². The molecule has 7 aromatic carbocycles. The SMILES string of the molecule is [2H]c1c([2H])c([2H])c(-c2nc(-c3cccc(-n4c5ccccc5c5cc6c(cc54)C(C)(C)c4ccccc4-6)c3)nc(-c3c([2H])c([2H])c(-c4c([2H])c([2H])c([2H])c([2H])c4[2H])c([2H])c3[2H])n2)c([2H])c1[2H]. The highest BCUT2D eigenvalue weighted by molar-refractivity contribution is 6.11. The lowest BCUT2D eigenvalue weighted by Crippen LogP contribution is -2.14. The molecule has 0 atom stereocenters. The number of benzene rings is 7. The fraction of sp³-hybridized carbons (Fsp3) is 0.0625. The molecule has 4 nitrogen and oxygen atoms in total. The van der Waals surface area contributed by atoms with Crippen molar-refractivity contribution in [3.05, 3.63) is 181 Å². The molecule has 9 aromatic rings. The number of para-hydroxylation sites is 1. The maximum atomic E-state index is 9.18. The zero-order valence-electron chi connectivity index (χ0n) is 41.9. The molecular formula is C48H34N4. The van der Waals surface area contributed by atoms with Crippen molar-refractivity contribution in [3.63, 3.8) is 0 Å². The molecule has 0 saturated carbocycles. The number of fused-ring (bicyclic) bond motifs is 6. The Kier molecular flexibility index (Phi) is 4.30. The third kappa shape index (κ3) is 4.79. The van der Waals surface area contributed by atoms with E-state index in [4.69, 9.17) is 16.4 Å². The van der Waals surface area contributed by atoms with Gasteiger partial charge in [0.05, 0.1) is 30.2 Å². The Balaban J connectivity index is 1.22. The Morgan fingerprint density at radius 2 is 1.06 bits per heavy atom. The van der Waals surface area contributed by atoms with Gasteiger partial charge in [-0.25, -0.2) is 15.0 Å². The quantitative estimate of drug-likeness (QED) is 0.182. The average Bonchev–Trinajstić information content (AvgIpc) is 3.76. The third-order valence-corrected chi connectivity index (χ3v) is 9.70. The molecule has 2 heterocycles. The van der Waals surface area contributed by atoms with Crippen LogP contribution in [0.15, 0.2) is 170 Å². The van der Waals surface area contributed by atoms with E-state index in [1.807, 2.05) is 36.4 Å². The Bertz CT molecular complexity index is 3550. The van der Waals surface area contributed by atoms with E-state index in [1.165, 1.54) is 16.7 Å². The predicted octanol–water partition coefficient (Wildman–Crippen LogP) is 11.9. The van der Waals surface area contributed by atoms with Gasteiger partial charge in [-0.05, 0) is 63.7 Å². The van der Waals surface area contributed by atoms with Crippen molar-refractivity contribution in [3.8, 4) is 62.1 Å². The van der Waals surface area contributed by atoms with E-state index in [9.17, 15) is 2.74 Å². The molecule has 0 N–H and O–H groups in total. The number of aromatic nitrogens is 4. The van der Waals surface area contributed by atoms with Gasteiger partial charge >= 0.3 is 0 Å². The molecule has 4 heteroatoms. The van der Waals surface area contributed by atoms with Crippen molar-refractivity contribution >= 4 is 21.8 Å². The summed E-state index contributed by atoms with van der Waals surface area (Å²) in [6, 6.07) is 18.4. The van der Waals surface area contributed by atoms with Gasteiger partial charge in [-0.15, -0.1) is 0 Å². The van der Waals surface area contributed by atoms with E-state index in [2.05, 4.69) is 69.8 Å². The summed E-state index contributed by atoms with van der Waals surface area (Å²) in [5.74, 6) is -0.933. The van der Waals surface area contributed by atoms with Gasteiger partial charge in [0.1, 0.15) is 0 Å². The molecule has 1 aliphatic carbocycles. The average molecular weight is 681 g/mol. The van der Waals surface area contributed by atoms with Crippen LogP contribution in [0, 0.1) is 0 Å². The summed E-state index contributed by atoms with van der Waals surface area (Å²) < 4.78 is 123. The molecule has 0 amide bonds. The van der Waals surface area contributed by atoms with Crippen LogP contribution in [0.1, 0.15) is 44.2 Å². The van der Waals surface area contributed by atoms with Crippen LogP contribution in [-0.2, 0) is 5.41 Å². The molecule has 10 rings (SSSR count). The third-order valence-electron chi connectivity index (χ3n) is 9.70. The highest BCUT2D eigenvalue weighted by Gasteiger charge is 2.36. The van der Waals surface area contributed by atoms with Crippen molar-refractivity contribution in [2.45, 2.75) is 19.3 Å². The van der Waals surface area contributed by atoms with Crippen molar-refractivity contribution in [1.29, 1.82) is 0 Å². The second-order valence-corrected chi connectivity index (χ2v) is 13.0. The van der Waals surface area contributed by atoms with E-state index in [0.29, 0.717) is 11.3 Å². The van der Waals surface area contributed by atoms with Crippen LogP contribution in [0.4, 0.5) is 0 Å². The normalized spacial score (nSPS) is 16.7. The molecule has 1 aliphatic rings. The number of nitrogens with zero attached hydrogens (tertiary/aromatic N) is 4. The first-order valence-corrected chi connectivity index (χ1v) is 16.6. The maximum absolute atomic E-state index is 9.18. The fourth-order valence-corrected chi connectivity index (χ4v) is 7.24. The number of rotatable bonds is 5. The zero-order valence-corrected chi connectivity index (χ0v) is 27.9. The van der Waals surface area contributed by atoms with Gasteiger partial charge in [0.15, 0.2) is 17.5 Å². The second-order valence-electron chi connectivity index (χ2n) is 13.0. The molecule has 2 aromatic heterocycles. The van der Waals surface area contributed by atoms with Crippen LogP contribution < -0.4 is 0 Å². The predicted molar refractivity (Wildman–Crippen MR) is 213 cm³/mol. The molecule has 0 radical (unpaired) electrons. The smallest absolute Gasteiger partial charge is 0.164 e. The van der Waals surface area contributed by atoms with E-state index < -0.39 is 118 Å². The van der Waals surface area contributed by atoms with Crippen LogP contribution in [-0.4, -0.2) is 19.5 Å². The number of hydrogen-bond donors (Lipinski definition) is 0. The largest absolute Gasteiger partial charge is 0.309 e. The molecule has 0 saturated heterocycles. The molecular weight excluding hydrogens is 633 g/mol. The summed E-state index contributed by atoms with van der Waals surface area (Å²) in [6.45, 7) is 4.42. The maximum Gasteiger partial charge on any atom is 0.164 e. The minimum atomic E-state index is -0.748. The van der Waals surface area contributed by atoms with E-state index in [0.717, 1.165) is 27.4 Å². The summed E-state index contributed by atoms with van der Waals surface area (Å²) in [4.78, 5) is 13.8. The van der Waals surface area contributed by atoms with E-state index in [-0.39, 0.29) is 11.2 Å². The Morgan fingerprint density at radius 3 is 1.81 bits per heavy atom. The van der Waals surface area contributed by atoms with Gasteiger partial charge in [-0.2, -0.15) is 0 Å². The topological polar surface area (TPSA) is 43.6 Å². The Labute approximate surface area is 322 Å². The minimum absolute atomic E-state index is 0.0894. The molecule has 0 aliphatic heterocycles. The highest BCUT2D eigenvalue weighted by atomic mass is 15.0. The number of hydrogen-bond acceptors (Lipinski definition) is 3. The Hall–Kier alpha value is -6.65.